The van der Waals surface area contributed by atoms with Crippen LogP contribution in [-0.4, -0.2) is 23.2 Å². The number of nitrogens with one attached hydrogen (secondary N) is 1. The van der Waals surface area contributed by atoms with Crippen LogP contribution < -0.4 is 5.32 Å². The smallest absolute Gasteiger partial charge is 0.306 e. The second-order valence-corrected chi connectivity index (χ2v) is 10.4. The van der Waals surface area contributed by atoms with Crippen LogP contribution in [0.25, 0.3) is 0 Å². The SMILES string of the molecule is CCCCCCCCCCCCCCCC(=O)OC1CC(C)(C)NC(C)(C)C1. The monoisotopic (exact) mass is 395 g/mol. The van der Waals surface area contributed by atoms with Crippen molar-refractivity contribution in [1.82, 2.24) is 5.32 Å². The van der Waals surface area contributed by atoms with Crippen LogP contribution in [0.15, 0.2) is 0 Å². The highest BCUT2D eigenvalue weighted by molar-refractivity contribution is 5.69. The Morgan fingerprint density at radius 1 is 0.750 bits per heavy atom. The summed E-state index contributed by atoms with van der Waals surface area (Å²) in [6.45, 7) is 11.1. The van der Waals surface area contributed by atoms with Gasteiger partial charge in [-0.2, -0.15) is 0 Å². The molecule has 1 heterocycles. The maximum absolute atomic E-state index is 12.2. The molecular weight excluding hydrogens is 346 g/mol. The maximum Gasteiger partial charge on any atom is 0.306 e. The fourth-order valence-electron chi connectivity index (χ4n) is 4.84. The number of piperidine rings is 1. The molecule has 0 spiro atoms. The van der Waals surface area contributed by atoms with Crippen LogP contribution >= 0.6 is 0 Å². The standard InChI is InChI=1S/C25H49NO2/c1-6-7-8-9-10-11-12-13-14-15-16-17-18-19-23(27)28-22-20-24(2,3)26-25(4,5)21-22/h22,26H,6-21H2,1-5H3. The summed E-state index contributed by atoms with van der Waals surface area (Å²) in [5.41, 5.74) is 0.0599. The molecule has 0 radical (unpaired) electrons. The molecule has 0 aromatic rings. The van der Waals surface area contributed by atoms with E-state index in [2.05, 4.69) is 39.9 Å². The van der Waals surface area contributed by atoms with E-state index in [1.165, 1.54) is 70.6 Å². The summed E-state index contributed by atoms with van der Waals surface area (Å²) in [7, 11) is 0. The van der Waals surface area contributed by atoms with Crippen molar-refractivity contribution >= 4 is 5.97 Å². The molecule has 0 aromatic heterocycles. The number of hydrogen-bond donors (Lipinski definition) is 1. The van der Waals surface area contributed by atoms with Gasteiger partial charge in [0.1, 0.15) is 6.10 Å². The van der Waals surface area contributed by atoms with Crippen molar-refractivity contribution in [1.29, 1.82) is 0 Å². The number of esters is 1. The van der Waals surface area contributed by atoms with Crippen LogP contribution in [0, 0.1) is 0 Å². The zero-order valence-electron chi connectivity index (χ0n) is 19.7. The zero-order chi connectivity index (χ0) is 20.9. The Labute approximate surface area is 175 Å². The third kappa shape index (κ3) is 12.8. The summed E-state index contributed by atoms with van der Waals surface area (Å²) in [4.78, 5) is 12.2. The molecule has 0 aromatic carbocycles. The fourth-order valence-corrected chi connectivity index (χ4v) is 4.84. The first-order valence-corrected chi connectivity index (χ1v) is 12.2. The molecule has 1 aliphatic rings. The van der Waals surface area contributed by atoms with E-state index in [-0.39, 0.29) is 23.2 Å². The van der Waals surface area contributed by atoms with Gasteiger partial charge in [0.2, 0.25) is 0 Å². The van der Waals surface area contributed by atoms with E-state index >= 15 is 0 Å². The molecule has 0 amide bonds. The quantitative estimate of drug-likeness (QED) is 0.233. The van der Waals surface area contributed by atoms with E-state index < -0.39 is 0 Å². The summed E-state index contributed by atoms with van der Waals surface area (Å²) >= 11 is 0. The van der Waals surface area contributed by atoms with Crippen molar-refractivity contribution in [3.63, 3.8) is 0 Å². The first-order chi connectivity index (χ1) is 13.2. The molecule has 28 heavy (non-hydrogen) atoms. The van der Waals surface area contributed by atoms with E-state index in [9.17, 15) is 4.79 Å². The number of rotatable bonds is 15. The minimum atomic E-state index is 0.00146. The molecule has 3 nitrogen and oxygen atoms in total. The number of hydrogen-bond acceptors (Lipinski definition) is 3. The molecular formula is C25H49NO2. The van der Waals surface area contributed by atoms with Gasteiger partial charge < -0.3 is 10.1 Å². The van der Waals surface area contributed by atoms with Crippen LogP contribution in [0.2, 0.25) is 0 Å². The van der Waals surface area contributed by atoms with E-state index in [1.807, 2.05) is 0 Å². The molecule has 0 atom stereocenters. The highest BCUT2D eigenvalue weighted by Crippen LogP contribution is 2.30. The van der Waals surface area contributed by atoms with Crippen LogP contribution in [0.4, 0.5) is 0 Å². The molecule has 0 aliphatic carbocycles. The molecule has 1 rings (SSSR count). The fraction of sp³-hybridized carbons (Fsp3) is 0.960. The van der Waals surface area contributed by atoms with Crippen molar-refractivity contribution in [3.8, 4) is 0 Å². The van der Waals surface area contributed by atoms with Crippen molar-refractivity contribution in [2.24, 2.45) is 0 Å². The third-order valence-electron chi connectivity index (χ3n) is 5.94. The molecule has 1 aliphatic heterocycles. The van der Waals surface area contributed by atoms with E-state index in [0.29, 0.717) is 6.42 Å². The minimum Gasteiger partial charge on any atom is -0.462 e. The highest BCUT2D eigenvalue weighted by atomic mass is 16.5. The van der Waals surface area contributed by atoms with Gasteiger partial charge in [0.05, 0.1) is 0 Å². The van der Waals surface area contributed by atoms with Gasteiger partial charge in [-0.15, -0.1) is 0 Å². The molecule has 0 saturated carbocycles. The Morgan fingerprint density at radius 3 is 1.57 bits per heavy atom. The topological polar surface area (TPSA) is 38.3 Å². The van der Waals surface area contributed by atoms with Gasteiger partial charge >= 0.3 is 5.97 Å². The largest absolute Gasteiger partial charge is 0.462 e. The lowest BCUT2D eigenvalue weighted by molar-refractivity contribution is -0.153. The first kappa shape index (κ1) is 25.5. The molecule has 1 fully saturated rings. The Balaban J connectivity index is 1.95. The van der Waals surface area contributed by atoms with Crippen LogP contribution in [0.1, 0.15) is 137 Å². The lowest BCUT2D eigenvalue weighted by Gasteiger charge is -2.45. The van der Waals surface area contributed by atoms with Gasteiger partial charge in [0, 0.05) is 30.3 Å². The Hall–Kier alpha value is -0.570. The lowest BCUT2D eigenvalue weighted by Crippen LogP contribution is -2.59. The van der Waals surface area contributed by atoms with E-state index in [0.717, 1.165) is 25.7 Å². The predicted octanol–water partition coefficient (Wildman–Crippen LogP) is 7.32. The predicted molar refractivity (Wildman–Crippen MR) is 121 cm³/mol. The molecule has 0 unspecified atom stereocenters. The van der Waals surface area contributed by atoms with Crippen molar-refractivity contribution < 1.29 is 9.53 Å². The molecule has 3 heteroatoms. The molecule has 166 valence electrons. The average Bonchev–Trinajstić information content (AvgIpc) is 2.56. The average molecular weight is 396 g/mol. The Morgan fingerprint density at radius 2 is 1.14 bits per heavy atom. The maximum atomic E-state index is 12.2. The van der Waals surface area contributed by atoms with Gasteiger partial charge in [-0.25, -0.2) is 0 Å². The summed E-state index contributed by atoms with van der Waals surface area (Å²) in [5, 5.41) is 3.64. The van der Waals surface area contributed by atoms with Crippen molar-refractivity contribution in [3.05, 3.63) is 0 Å². The van der Waals surface area contributed by atoms with Crippen LogP contribution in [-0.2, 0) is 9.53 Å². The van der Waals surface area contributed by atoms with Crippen molar-refractivity contribution in [2.45, 2.75) is 155 Å². The second kappa shape index (κ2) is 13.6. The van der Waals surface area contributed by atoms with Gasteiger partial charge in [-0.1, -0.05) is 84.0 Å². The van der Waals surface area contributed by atoms with Gasteiger partial charge in [-0.3, -0.25) is 4.79 Å². The molecule has 1 N–H and O–H groups in total. The number of ether oxygens (including phenoxy) is 1. The number of unbranched alkanes of at least 4 members (excludes halogenated alkanes) is 12. The number of carbonyl (C=O) groups is 1. The van der Waals surface area contributed by atoms with Gasteiger partial charge in [-0.05, 0) is 34.1 Å². The van der Waals surface area contributed by atoms with Gasteiger partial charge in [0.15, 0.2) is 0 Å². The van der Waals surface area contributed by atoms with E-state index in [1.54, 1.807) is 0 Å². The second-order valence-electron chi connectivity index (χ2n) is 10.4. The minimum absolute atomic E-state index is 0.00146. The van der Waals surface area contributed by atoms with Gasteiger partial charge in [0.25, 0.3) is 0 Å². The Bertz CT molecular complexity index is 401. The van der Waals surface area contributed by atoms with Crippen molar-refractivity contribution in [2.75, 3.05) is 0 Å². The summed E-state index contributed by atoms with van der Waals surface area (Å²) < 4.78 is 5.79. The normalized spacial score (nSPS) is 18.9. The van der Waals surface area contributed by atoms with Crippen LogP contribution in [0.5, 0.6) is 0 Å². The van der Waals surface area contributed by atoms with Crippen LogP contribution in [0.3, 0.4) is 0 Å². The summed E-state index contributed by atoms with van der Waals surface area (Å²) in [5.74, 6) is 0.00146. The number of carbonyl (C=O) groups excluding carboxylic acids is 1. The summed E-state index contributed by atoms with van der Waals surface area (Å²) in [6, 6.07) is 0. The molecule has 1 saturated heterocycles. The molecule has 0 bridgehead atoms. The first-order valence-electron chi connectivity index (χ1n) is 12.2. The summed E-state index contributed by atoms with van der Waals surface area (Å²) in [6.07, 6.45) is 19.8. The third-order valence-corrected chi connectivity index (χ3v) is 5.94. The van der Waals surface area contributed by atoms with E-state index in [4.69, 9.17) is 4.74 Å². The highest BCUT2D eigenvalue weighted by Gasteiger charge is 2.39. The Kier molecular flexibility index (Phi) is 12.4. The lowest BCUT2D eigenvalue weighted by atomic mass is 9.81. The zero-order valence-corrected chi connectivity index (χ0v) is 19.7.